The van der Waals surface area contributed by atoms with E-state index >= 15 is 0 Å². The fourth-order valence-corrected chi connectivity index (χ4v) is 4.41. The fourth-order valence-electron chi connectivity index (χ4n) is 2.23. The van der Waals surface area contributed by atoms with Gasteiger partial charge in [-0.15, -0.1) is 11.3 Å². The van der Waals surface area contributed by atoms with Gasteiger partial charge in [-0.3, -0.25) is 9.69 Å². The Morgan fingerprint density at radius 2 is 2.21 bits per heavy atom. The average molecular weight is 379 g/mol. The standard InChI is InChI=1S/C16H13NO4S3/c1-3-17-14(18)12(24-16(17)22)8-9-4-5-11(21-9)10-6-7-23-13(10)15(19)20-2/h4-8H,3H2,1-2H3/b12-8+. The molecule has 0 aromatic carbocycles. The van der Waals surface area contributed by atoms with Crippen molar-refractivity contribution in [3.05, 3.63) is 39.1 Å². The first-order valence-electron chi connectivity index (χ1n) is 7.06. The summed E-state index contributed by atoms with van der Waals surface area (Å²) in [7, 11) is 1.34. The van der Waals surface area contributed by atoms with Crippen LogP contribution in [0.15, 0.2) is 32.9 Å². The van der Waals surface area contributed by atoms with Crippen LogP contribution in [-0.2, 0) is 9.53 Å². The summed E-state index contributed by atoms with van der Waals surface area (Å²) in [5, 5.41) is 1.80. The molecule has 124 valence electrons. The molecule has 0 radical (unpaired) electrons. The lowest BCUT2D eigenvalue weighted by Crippen LogP contribution is -2.27. The molecule has 8 heteroatoms. The van der Waals surface area contributed by atoms with Gasteiger partial charge in [0.25, 0.3) is 5.91 Å². The molecule has 1 amide bonds. The Morgan fingerprint density at radius 1 is 1.42 bits per heavy atom. The van der Waals surface area contributed by atoms with Crippen molar-refractivity contribution in [1.82, 2.24) is 4.90 Å². The van der Waals surface area contributed by atoms with Crippen LogP contribution in [0, 0.1) is 0 Å². The van der Waals surface area contributed by atoms with E-state index in [1.807, 2.05) is 6.92 Å². The second-order valence-corrected chi connectivity index (χ2v) is 7.37. The van der Waals surface area contributed by atoms with Crippen molar-refractivity contribution in [2.45, 2.75) is 6.92 Å². The molecule has 1 aliphatic heterocycles. The molecule has 0 atom stereocenters. The molecule has 0 N–H and O–H groups in total. The van der Waals surface area contributed by atoms with Gasteiger partial charge in [-0.25, -0.2) is 4.79 Å². The first-order valence-corrected chi connectivity index (χ1v) is 9.17. The van der Waals surface area contributed by atoms with E-state index in [-0.39, 0.29) is 5.91 Å². The number of likely N-dealkylation sites (N-methyl/N-ethyl adjacent to an activating group) is 1. The molecule has 1 aliphatic rings. The van der Waals surface area contributed by atoms with E-state index in [0.29, 0.717) is 37.7 Å². The van der Waals surface area contributed by atoms with Crippen molar-refractivity contribution in [3.63, 3.8) is 0 Å². The molecule has 3 heterocycles. The number of hydrogen-bond donors (Lipinski definition) is 0. The van der Waals surface area contributed by atoms with Crippen LogP contribution in [-0.4, -0.2) is 34.8 Å². The molecule has 2 aromatic rings. The normalized spacial score (nSPS) is 16.2. The first-order chi connectivity index (χ1) is 11.5. The third-order valence-electron chi connectivity index (χ3n) is 3.39. The van der Waals surface area contributed by atoms with Crippen molar-refractivity contribution < 1.29 is 18.7 Å². The Morgan fingerprint density at radius 3 is 2.88 bits per heavy atom. The van der Waals surface area contributed by atoms with E-state index in [2.05, 4.69) is 0 Å². The molecular formula is C16H13NO4S3. The van der Waals surface area contributed by atoms with Gasteiger partial charge in [-0.1, -0.05) is 24.0 Å². The van der Waals surface area contributed by atoms with Gasteiger partial charge in [-0.2, -0.15) is 0 Å². The number of amides is 1. The van der Waals surface area contributed by atoms with E-state index < -0.39 is 5.97 Å². The van der Waals surface area contributed by atoms with Gasteiger partial charge in [0.2, 0.25) is 0 Å². The molecular weight excluding hydrogens is 366 g/mol. The molecule has 24 heavy (non-hydrogen) atoms. The van der Waals surface area contributed by atoms with Gasteiger partial charge < -0.3 is 9.15 Å². The number of carbonyl (C=O) groups excluding carboxylic acids is 2. The fraction of sp³-hybridized carbons (Fsp3) is 0.188. The monoisotopic (exact) mass is 379 g/mol. The van der Waals surface area contributed by atoms with E-state index in [4.69, 9.17) is 21.4 Å². The van der Waals surface area contributed by atoms with Gasteiger partial charge in [0.05, 0.1) is 12.0 Å². The highest BCUT2D eigenvalue weighted by Crippen LogP contribution is 2.34. The van der Waals surface area contributed by atoms with Crippen molar-refractivity contribution in [1.29, 1.82) is 0 Å². The van der Waals surface area contributed by atoms with Crippen LogP contribution in [0.25, 0.3) is 17.4 Å². The van der Waals surface area contributed by atoms with E-state index in [0.717, 1.165) is 0 Å². The Labute approximate surface area is 152 Å². The number of nitrogens with zero attached hydrogens (tertiary/aromatic N) is 1. The molecule has 0 spiro atoms. The zero-order chi connectivity index (χ0) is 17.3. The highest BCUT2D eigenvalue weighted by Gasteiger charge is 2.31. The predicted molar refractivity (Wildman–Crippen MR) is 98.9 cm³/mol. The number of ether oxygens (including phenoxy) is 1. The number of rotatable bonds is 4. The maximum atomic E-state index is 12.2. The van der Waals surface area contributed by atoms with Crippen LogP contribution in [0.3, 0.4) is 0 Å². The number of thiocarbonyl (C=S) groups is 1. The third-order valence-corrected chi connectivity index (χ3v) is 5.66. The van der Waals surface area contributed by atoms with Gasteiger partial charge >= 0.3 is 5.97 Å². The van der Waals surface area contributed by atoms with Gasteiger partial charge in [-0.05, 0) is 30.5 Å². The molecule has 0 bridgehead atoms. The van der Waals surface area contributed by atoms with Crippen LogP contribution < -0.4 is 0 Å². The largest absolute Gasteiger partial charge is 0.465 e. The summed E-state index contributed by atoms with van der Waals surface area (Å²) in [6, 6.07) is 5.32. The average Bonchev–Trinajstić information content (AvgIpc) is 3.27. The van der Waals surface area contributed by atoms with Gasteiger partial charge in [0.1, 0.15) is 20.7 Å². The number of hydrogen-bond acceptors (Lipinski definition) is 7. The maximum absolute atomic E-state index is 12.2. The van der Waals surface area contributed by atoms with E-state index in [1.54, 1.807) is 34.6 Å². The summed E-state index contributed by atoms with van der Waals surface area (Å²) in [6.45, 7) is 2.42. The zero-order valence-electron chi connectivity index (χ0n) is 12.9. The summed E-state index contributed by atoms with van der Waals surface area (Å²) in [5.74, 6) is 0.565. The summed E-state index contributed by atoms with van der Waals surface area (Å²) < 4.78 is 11.1. The number of furan rings is 1. The van der Waals surface area contributed by atoms with Gasteiger partial charge in [0, 0.05) is 18.2 Å². The number of thioether (sulfide) groups is 1. The molecule has 5 nitrogen and oxygen atoms in total. The molecule has 2 aromatic heterocycles. The second-order valence-electron chi connectivity index (χ2n) is 4.78. The Kier molecular flexibility index (Phi) is 4.88. The molecule has 3 rings (SSSR count). The molecule has 1 fully saturated rings. The molecule has 0 aliphatic carbocycles. The minimum atomic E-state index is -0.401. The Balaban J connectivity index is 1.89. The van der Waals surface area contributed by atoms with Crippen molar-refractivity contribution in [3.8, 4) is 11.3 Å². The third kappa shape index (κ3) is 3.04. The van der Waals surface area contributed by atoms with E-state index in [9.17, 15) is 9.59 Å². The maximum Gasteiger partial charge on any atom is 0.348 e. The minimum Gasteiger partial charge on any atom is -0.465 e. The van der Waals surface area contributed by atoms with Crippen LogP contribution in [0.1, 0.15) is 22.4 Å². The topological polar surface area (TPSA) is 59.8 Å². The lowest BCUT2D eigenvalue weighted by Gasteiger charge is -2.09. The van der Waals surface area contributed by atoms with E-state index in [1.165, 1.54) is 30.2 Å². The zero-order valence-corrected chi connectivity index (χ0v) is 15.3. The summed E-state index contributed by atoms with van der Waals surface area (Å²) >= 11 is 7.73. The van der Waals surface area contributed by atoms with Crippen molar-refractivity contribution >= 4 is 57.6 Å². The smallest absolute Gasteiger partial charge is 0.348 e. The molecule has 0 unspecified atom stereocenters. The quantitative estimate of drug-likeness (QED) is 0.454. The van der Waals surface area contributed by atoms with Crippen LogP contribution in [0.5, 0.6) is 0 Å². The predicted octanol–water partition coefficient (Wildman–Crippen LogP) is 4.02. The number of methoxy groups -OCH3 is 1. The number of esters is 1. The Bertz CT molecular complexity index is 849. The van der Waals surface area contributed by atoms with Crippen LogP contribution in [0.2, 0.25) is 0 Å². The molecule has 0 saturated carbocycles. The first kappa shape index (κ1) is 16.9. The second kappa shape index (κ2) is 6.92. The van der Waals surface area contributed by atoms with Crippen LogP contribution in [0.4, 0.5) is 0 Å². The summed E-state index contributed by atoms with van der Waals surface area (Å²) in [5.41, 5.74) is 0.674. The summed E-state index contributed by atoms with van der Waals surface area (Å²) in [4.78, 5) is 26.5. The molecule has 1 saturated heterocycles. The SMILES string of the molecule is CCN1C(=O)/C(=C\c2ccc(-c3ccsc3C(=O)OC)o2)SC1=S. The highest BCUT2D eigenvalue weighted by molar-refractivity contribution is 8.26. The summed E-state index contributed by atoms with van der Waals surface area (Å²) in [6.07, 6.45) is 1.67. The van der Waals surface area contributed by atoms with Crippen molar-refractivity contribution in [2.75, 3.05) is 13.7 Å². The van der Waals surface area contributed by atoms with Crippen molar-refractivity contribution in [2.24, 2.45) is 0 Å². The highest BCUT2D eigenvalue weighted by atomic mass is 32.2. The number of carbonyl (C=O) groups is 2. The lowest BCUT2D eigenvalue weighted by molar-refractivity contribution is -0.122. The lowest BCUT2D eigenvalue weighted by atomic mass is 10.2. The van der Waals surface area contributed by atoms with Gasteiger partial charge in [0.15, 0.2) is 0 Å². The Hall–Kier alpha value is -1.90. The number of thiophene rings is 1. The van der Waals surface area contributed by atoms with Crippen LogP contribution >= 0.6 is 35.3 Å². The minimum absolute atomic E-state index is 0.115.